The molecule has 1 unspecified atom stereocenters. The smallest absolute Gasteiger partial charge is 0.0542 e. The lowest BCUT2D eigenvalue weighted by atomic mass is 10.1. The van der Waals surface area contributed by atoms with Crippen LogP contribution in [0.15, 0.2) is 23.1 Å². The summed E-state index contributed by atoms with van der Waals surface area (Å²) in [6, 6.07) is 5.88. The van der Waals surface area contributed by atoms with Crippen LogP contribution in [0.3, 0.4) is 0 Å². The molecule has 0 heterocycles. The highest BCUT2D eigenvalue weighted by atomic mass is 32.2. The highest BCUT2D eigenvalue weighted by Crippen LogP contribution is 2.12. The van der Waals surface area contributed by atoms with E-state index in [1.165, 1.54) is 11.1 Å². The Hall–Kier alpha value is -0.670. The first-order chi connectivity index (χ1) is 6.15. The molecule has 0 saturated heterocycles. The molecule has 3 heteroatoms. The zero-order valence-electron chi connectivity index (χ0n) is 8.04. The molecule has 1 atom stereocenters. The highest BCUT2D eigenvalue weighted by Gasteiger charge is 2.03. The number of aryl methyl sites for hydroxylation is 2. The van der Waals surface area contributed by atoms with Gasteiger partial charge in [0.2, 0.25) is 0 Å². The Bertz CT molecular complexity index is 323. The van der Waals surface area contributed by atoms with Gasteiger partial charge in [0.05, 0.1) is 10.8 Å². The van der Waals surface area contributed by atoms with E-state index in [1.807, 2.05) is 32.0 Å². The van der Waals surface area contributed by atoms with Crippen molar-refractivity contribution in [2.75, 3.05) is 12.3 Å². The molecule has 0 fully saturated rings. The molecule has 0 spiro atoms. The lowest BCUT2D eigenvalue weighted by molar-refractivity contribution is 0.682. The first-order valence-electron chi connectivity index (χ1n) is 4.31. The normalized spacial score (nSPS) is 12.8. The molecule has 0 radical (unpaired) electrons. The second kappa shape index (κ2) is 4.53. The second-order valence-corrected chi connectivity index (χ2v) is 4.66. The fraction of sp³-hybridized carbons (Fsp3) is 0.400. The van der Waals surface area contributed by atoms with Crippen molar-refractivity contribution in [1.82, 2.24) is 0 Å². The molecule has 0 aliphatic rings. The Kier molecular flexibility index (Phi) is 3.63. The maximum absolute atomic E-state index is 11.5. The van der Waals surface area contributed by atoms with Gasteiger partial charge in [-0.15, -0.1) is 0 Å². The number of hydrogen-bond donors (Lipinski definition) is 1. The van der Waals surface area contributed by atoms with E-state index < -0.39 is 10.8 Å². The first kappa shape index (κ1) is 10.4. The van der Waals surface area contributed by atoms with Crippen molar-refractivity contribution in [3.05, 3.63) is 29.3 Å². The van der Waals surface area contributed by atoms with E-state index in [0.717, 1.165) is 4.90 Å². The summed E-state index contributed by atoms with van der Waals surface area (Å²) in [6.07, 6.45) is 0. The molecule has 0 aromatic heterocycles. The van der Waals surface area contributed by atoms with Gasteiger partial charge in [-0.05, 0) is 37.1 Å². The van der Waals surface area contributed by atoms with Crippen LogP contribution in [0.4, 0.5) is 0 Å². The van der Waals surface area contributed by atoms with E-state index in [9.17, 15) is 4.21 Å². The van der Waals surface area contributed by atoms with E-state index in [1.54, 1.807) is 0 Å². The third-order valence-electron chi connectivity index (χ3n) is 2.04. The fourth-order valence-corrected chi connectivity index (χ4v) is 2.06. The van der Waals surface area contributed by atoms with Gasteiger partial charge in [0.1, 0.15) is 0 Å². The quantitative estimate of drug-likeness (QED) is 0.795. The van der Waals surface area contributed by atoms with Crippen LogP contribution in [0.1, 0.15) is 11.1 Å². The SMILES string of the molecule is Cc1ccc(S(=O)CCN)cc1C. The molecule has 0 aliphatic carbocycles. The van der Waals surface area contributed by atoms with Crippen molar-refractivity contribution >= 4 is 10.8 Å². The Morgan fingerprint density at radius 1 is 1.31 bits per heavy atom. The van der Waals surface area contributed by atoms with Gasteiger partial charge < -0.3 is 5.73 Å². The van der Waals surface area contributed by atoms with Crippen LogP contribution in [0.2, 0.25) is 0 Å². The number of hydrogen-bond acceptors (Lipinski definition) is 2. The van der Waals surface area contributed by atoms with Gasteiger partial charge in [0.25, 0.3) is 0 Å². The van der Waals surface area contributed by atoms with Crippen LogP contribution < -0.4 is 5.73 Å². The fourth-order valence-electron chi connectivity index (χ4n) is 1.08. The predicted octanol–water partition coefficient (Wildman–Crippen LogP) is 1.37. The van der Waals surface area contributed by atoms with Crippen LogP contribution >= 0.6 is 0 Å². The van der Waals surface area contributed by atoms with Crippen molar-refractivity contribution in [2.45, 2.75) is 18.7 Å². The van der Waals surface area contributed by atoms with Crippen LogP contribution in [0.25, 0.3) is 0 Å². The minimum Gasteiger partial charge on any atom is -0.330 e. The number of rotatable bonds is 3. The van der Waals surface area contributed by atoms with Crippen LogP contribution in [0.5, 0.6) is 0 Å². The molecule has 2 nitrogen and oxygen atoms in total. The van der Waals surface area contributed by atoms with E-state index in [0.29, 0.717) is 12.3 Å². The minimum absolute atomic E-state index is 0.472. The molecule has 0 bridgehead atoms. The molecule has 13 heavy (non-hydrogen) atoms. The maximum atomic E-state index is 11.5. The van der Waals surface area contributed by atoms with Gasteiger partial charge in [-0.25, -0.2) is 0 Å². The van der Waals surface area contributed by atoms with Gasteiger partial charge in [0.15, 0.2) is 0 Å². The summed E-state index contributed by atoms with van der Waals surface area (Å²) in [6.45, 7) is 4.54. The van der Waals surface area contributed by atoms with Crippen molar-refractivity contribution < 1.29 is 4.21 Å². The monoisotopic (exact) mass is 197 g/mol. The first-order valence-corrected chi connectivity index (χ1v) is 5.62. The van der Waals surface area contributed by atoms with E-state index >= 15 is 0 Å². The van der Waals surface area contributed by atoms with Crippen molar-refractivity contribution in [1.29, 1.82) is 0 Å². The van der Waals surface area contributed by atoms with Gasteiger partial charge in [-0.2, -0.15) is 0 Å². The predicted molar refractivity (Wildman–Crippen MR) is 56.2 cm³/mol. The Morgan fingerprint density at radius 2 is 2.00 bits per heavy atom. The Balaban J connectivity index is 2.90. The Morgan fingerprint density at radius 3 is 2.54 bits per heavy atom. The van der Waals surface area contributed by atoms with E-state index in [4.69, 9.17) is 5.73 Å². The van der Waals surface area contributed by atoms with Gasteiger partial charge >= 0.3 is 0 Å². The summed E-state index contributed by atoms with van der Waals surface area (Å²) < 4.78 is 11.5. The summed E-state index contributed by atoms with van der Waals surface area (Å²) in [4.78, 5) is 0.883. The van der Waals surface area contributed by atoms with E-state index in [-0.39, 0.29) is 0 Å². The zero-order valence-corrected chi connectivity index (χ0v) is 8.86. The molecule has 0 saturated carbocycles. The lowest BCUT2D eigenvalue weighted by Crippen LogP contribution is -2.10. The Labute approximate surface area is 81.6 Å². The minimum atomic E-state index is -0.927. The molecule has 1 aromatic carbocycles. The molecule has 1 rings (SSSR count). The largest absolute Gasteiger partial charge is 0.330 e. The van der Waals surface area contributed by atoms with Gasteiger partial charge in [-0.1, -0.05) is 6.07 Å². The van der Waals surface area contributed by atoms with Crippen molar-refractivity contribution in [3.63, 3.8) is 0 Å². The number of benzene rings is 1. The third kappa shape index (κ3) is 2.64. The maximum Gasteiger partial charge on any atom is 0.0542 e. The summed E-state index contributed by atoms with van der Waals surface area (Å²) in [7, 11) is -0.927. The lowest BCUT2D eigenvalue weighted by Gasteiger charge is -2.03. The average molecular weight is 197 g/mol. The average Bonchev–Trinajstić information content (AvgIpc) is 2.10. The summed E-state index contributed by atoms with van der Waals surface area (Å²) in [5, 5.41) is 0. The molecule has 72 valence electrons. The van der Waals surface area contributed by atoms with Crippen LogP contribution in [-0.2, 0) is 10.8 Å². The molecule has 0 amide bonds. The zero-order chi connectivity index (χ0) is 9.84. The number of nitrogens with two attached hydrogens (primary N) is 1. The summed E-state index contributed by atoms with van der Waals surface area (Å²) >= 11 is 0. The van der Waals surface area contributed by atoms with Crippen molar-refractivity contribution in [2.24, 2.45) is 5.73 Å². The van der Waals surface area contributed by atoms with E-state index in [2.05, 4.69) is 0 Å². The van der Waals surface area contributed by atoms with Gasteiger partial charge in [0, 0.05) is 17.2 Å². The topological polar surface area (TPSA) is 43.1 Å². The molecular formula is C10H15NOS. The second-order valence-electron chi connectivity index (χ2n) is 3.08. The molecule has 2 N–H and O–H groups in total. The van der Waals surface area contributed by atoms with Crippen molar-refractivity contribution in [3.8, 4) is 0 Å². The van der Waals surface area contributed by atoms with Crippen LogP contribution in [-0.4, -0.2) is 16.5 Å². The molecule has 1 aromatic rings. The van der Waals surface area contributed by atoms with Crippen LogP contribution in [0, 0.1) is 13.8 Å². The molecular weight excluding hydrogens is 182 g/mol. The summed E-state index contributed by atoms with van der Waals surface area (Å²) in [5.74, 6) is 0.544. The summed E-state index contributed by atoms with van der Waals surface area (Å²) in [5.41, 5.74) is 7.75. The molecule has 0 aliphatic heterocycles. The van der Waals surface area contributed by atoms with Gasteiger partial charge in [-0.3, -0.25) is 4.21 Å². The standard InChI is InChI=1S/C10H15NOS/c1-8-3-4-10(7-9(8)2)13(12)6-5-11/h3-4,7H,5-6,11H2,1-2H3. The third-order valence-corrected chi connectivity index (χ3v) is 3.43. The highest BCUT2D eigenvalue weighted by molar-refractivity contribution is 7.85.